The number of carbonyl (C=O) groups excluding carboxylic acids is 3. The van der Waals surface area contributed by atoms with Crippen LogP contribution in [0.25, 0.3) is 6.08 Å². The minimum Gasteiger partial charge on any atom is -0.465 e. The molecule has 0 aliphatic carbocycles. The van der Waals surface area contributed by atoms with Crippen LogP contribution < -0.4 is 0 Å². The van der Waals surface area contributed by atoms with Gasteiger partial charge in [0, 0.05) is 11.1 Å². The molecule has 0 radical (unpaired) electrons. The molecule has 0 aliphatic heterocycles. The van der Waals surface area contributed by atoms with Gasteiger partial charge in [0.2, 0.25) is 0 Å². The standard InChI is InChI=1S/C10H8Br2O2.C9H8O3.C8H6/c1-14-10(13)8-4-2-7(3-5-8)6-9(11)12;1-12-9(11)8-4-2-7(6-10)3-5-8;1-2-8-6-4-3-5-7-8/h2-6H,1H3;2-6H,1H3;1,3-7H. The number of hydrogen-bond acceptors (Lipinski definition) is 5. The van der Waals surface area contributed by atoms with E-state index in [0.717, 1.165) is 20.8 Å². The number of methoxy groups -OCH3 is 2. The number of halogens is 2. The SMILES string of the molecule is C#Cc1ccccc1.COC(=O)c1ccc(C=C(Br)Br)cc1.COC(=O)c1ccc(C=O)cc1. The van der Waals surface area contributed by atoms with Crippen LogP contribution >= 0.6 is 31.9 Å². The molecule has 0 amide bonds. The van der Waals surface area contributed by atoms with Gasteiger partial charge in [0.15, 0.2) is 0 Å². The van der Waals surface area contributed by atoms with Gasteiger partial charge in [-0.25, -0.2) is 9.59 Å². The molecule has 7 heteroatoms. The first-order chi connectivity index (χ1) is 16.3. The number of aldehydes is 1. The van der Waals surface area contributed by atoms with Crippen molar-refractivity contribution in [3.05, 3.63) is 110 Å². The summed E-state index contributed by atoms with van der Waals surface area (Å²) in [6.07, 6.45) is 7.71. The Kier molecular flexibility index (Phi) is 13.6. The molecule has 3 aromatic rings. The highest BCUT2D eigenvalue weighted by Crippen LogP contribution is 2.18. The second-order valence-electron chi connectivity index (χ2n) is 6.29. The summed E-state index contributed by atoms with van der Waals surface area (Å²) in [5, 5.41) is 0. The van der Waals surface area contributed by atoms with Crippen LogP contribution in [0.4, 0.5) is 0 Å². The van der Waals surface area contributed by atoms with Gasteiger partial charge in [0.05, 0.1) is 28.7 Å². The predicted octanol–water partition coefficient (Wildman–Crippen LogP) is 6.52. The Balaban J connectivity index is 0.000000264. The first-order valence-corrected chi connectivity index (χ1v) is 11.3. The van der Waals surface area contributed by atoms with Crippen molar-refractivity contribution in [3.63, 3.8) is 0 Å². The molecule has 0 heterocycles. The van der Waals surface area contributed by atoms with Gasteiger partial charge < -0.3 is 9.47 Å². The number of ether oxygens (including phenoxy) is 2. The molecule has 0 aromatic heterocycles. The van der Waals surface area contributed by atoms with E-state index in [9.17, 15) is 14.4 Å². The normalized spacial score (nSPS) is 8.91. The van der Waals surface area contributed by atoms with E-state index in [1.807, 2.05) is 48.5 Å². The lowest BCUT2D eigenvalue weighted by Gasteiger charge is -1.99. The highest BCUT2D eigenvalue weighted by molar-refractivity contribution is 9.28. The summed E-state index contributed by atoms with van der Waals surface area (Å²) in [6.45, 7) is 0. The van der Waals surface area contributed by atoms with Crippen LogP contribution in [0.1, 0.15) is 42.2 Å². The third-order valence-corrected chi connectivity index (χ3v) is 4.47. The number of terminal acetylenes is 1. The average molecular weight is 586 g/mol. The lowest BCUT2D eigenvalue weighted by Crippen LogP contribution is -2.00. The second kappa shape index (κ2) is 16.2. The molecule has 3 aromatic carbocycles. The molecule has 0 fully saturated rings. The number of rotatable bonds is 4. The van der Waals surface area contributed by atoms with Gasteiger partial charge in [0.25, 0.3) is 0 Å². The van der Waals surface area contributed by atoms with E-state index in [4.69, 9.17) is 6.42 Å². The second-order valence-corrected chi connectivity index (χ2v) is 9.06. The van der Waals surface area contributed by atoms with E-state index >= 15 is 0 Å². The van der Waals surface area contributed by atoms with E-state index in [0.29, 0.717) is 16.7 Å². The van der Waals surface area contributed by atoms with Crippen LogP contribution in [0.2, 0.25) is 0 Å². The molecule has 0 atom stereocenters. The van der Waals surface area contributed by atoms with Crippen LogP contribution in [0.3, 0.4) is 0 Å². The summed E-state index contributed by atoms with van der Waals surface area (Å²) in [5.41, 5.74) is 3.48. The van der Waals surface area contributed by atoms with Crippen molar-refractivity contribution in [1.29, 1.82) is 0 Å². The summed E-state index contributed by atoms with van der Waals surface area (Å²) in [6, 6.07) is 23.0. The largest absolute Gasteiger partial charge is 0.465 e. The van der Waals surface area contributed by atoms with E-state index in [1.165, 1.54) is 14.2 Å². The third-order valence-electron chi connectivity index (χ3n) is 4.02. The summed E-state index contributed by atoms with van der Waals surface area (Å²) in [7, 11) is 2.68. The molecule has 34 heavy (non-hydrogen) atoms. The first-order valence-electron chi connectivity index (χ1n) is 9.70. The minimum absolute atomic E-state index is 0.321. The molecule has 3 rings (SSSR count). The van der Waals surface area contributed by atoms with E-state index in [1.54, 1.807) is 36.4 Å². The molecule has 0 unspecified atom stereocenters. The Bertz CT molecular complexity index is 1130. The lowest BCUT2D eigenvalue weighted by atomic mass is 10.1. The van der Waals surface area contributed by atoms with E-state index in [-0.39, 0.29) is 5.97 Å². The van der Waals surface area contributed by atoms with Crippen molar-refractivity contribution in [2.24, 2.45) is 0 Å². The van der Waals surface area contributed by atoms with Gasteiger partial charge >= 0.3 is 11.9 Å². The molecular formula is C27H22Br2O5. The van der Waals surface area contributed by atoms with Gasteiger partial charge in [-0.15, -0.1) is 6.42 Å². The third kappa shape index (κ3) is 10.9. The van der Waals surface area contributed by atoms with Crippen LogP contribution in [0.15, 0.2) is 82.3 Å². The van der Waals surface area contributed by atoms with E-state index < -0.39 is 5.97 Å². The number of hydrogen-bond donors (Lipinski definition) is 0. The maximum atomic E-state index is 11.1. The molecule has 0 spiro atoms. The van der Waals surface area contributed by atoms with Crippen molar-refractivity contribution in [2.75, 3.05) is 14.2 Å². The summed E-state index contributed by atoms with van der Waals surface area (Å²) in [4.78, 5) is 32.2. The monoisotopic (exact) mass is 584 g/mol. The predicted molar refractivity (Wildman–Crippen MR) is 141 cm³/mol. The average Bonchev–Trinajstić information content (AvgIpc) is 2.89. The summed E-state index contributed by atoms with van der Waals surface area (Å²) in [5.74, 6) is 1.81. The van der Waals surface area contributed by atoms with Crippen LogP contribution in [-0.4, -0.2) is 32.4 Å². The Hall–Kier alpha value is -3.47. The van der Waals surface area contributed by atoms with Gasteiger partial charge in [-0.3, -0.25) is 4.79 Å². The molecule has 0 saturated heterocycles. The van der Waals surface area contributed by atoms with Gasteiger partial charge in [-0.05, 0) is 79.9 Å². The number of benzene rings is 3. The van der Waals surface area contributed by atoms with Crippen molar-refractivity contribution in [2.45, 2.75) is 0 Å². The maximum Gasteiger partial charge on any atom is 0.337 e. The smallest absolute Gasteiger partial charge is 0.337 e. The summed E-state index contributed by atoms with van der Waals surface area (Å²) >= 11 is 6.52. The Morgan fingerprint density at radius 1 is 0.765 bits per heavy atom. The minimum atomic E-state index is -0.396. The Morgan fingerprint density at radius 3 is 1.53 bits per heavy atom. The maximum absolute atomic E-state index is 11.1. The van der Waals surface area contributed by atoms with Crippen LogP contribution in [0, 0.1) is 12.3 Å². The molecule has 0 aliphatic rings. The Morgan fingerprint density at radius 2 is 1.21 bits per heavy atom. The van der Waals surface area contributed by atoms with Gasteiger partial charge in [-0.2, -0.15) is 0 Å². The fraction of sp³-hybridized carbons (Fsp3) is 0.0741. The van der Waals surface area contributed by atoms with Crippen molar-refractivity contribution in [3.8, 4) is 12.3 Å². The van der Waals surface area contributed by atoms with Gasteiger partial charge in [0.1, 0.15) is 6.29 Å². The van der Waals surface area contributed by atoms with E-state index in [2.05, 4.69) is 47.3 Å². The lowest BCUT2D eigenvalue weighted by molar-refractivity contribution is 0.0592. The Labute approximate surface area is 216 Å². The number of carbonyl (C=O) groups is 3. The van der Waals surface area contributed by atoms with Crippen molar-refractivity contribution >= 4 is 56.2 Å². The summed E-state index contributed by atoms with van der Waals surface area (Å²) < 4.78 is 9.92. The van der Waals surface area contributed by atoms with Gasteiger partial charge in [-0.1, -0.05) is 48.4 Å². The van der Waals surface area contributed by atoms with Crippen LogP contribution in [0.5, 0.6) is 0 Å². The quantitative estimate of drug-likeness (QED) is 0.198. The van der Waals surface area contributed by atoms with Crippen molar-refractivity contribution < 1.29 is 23.9 Å². The highest BCUT2D eigenvalue weighted by Gasteiger charge is 2.04. The first kappa shape index (κ1) is 28.6. The molecule has 174 valence electrons. The van der Waals surface area contributed by atoms with Crippen LogP contribution in [-0.2, 0) is 9.47 Å². The van der Waals surface area contributed by atoms with Crippen molar-refractivity contribution in [1.82, 2.24) is 0 Å². The fourth-order valence-corrected chi connectivity index (χ4v) is 2.84. The molecule has 0 bridgehead atoms. The molecule has 0 saturated carbocycles. The zero-order valence-corrected chi connectivity index (χ0v) is 21.7. The molecule has 0 N–H and O–H groups in total. The highest BCUT2D eigenvalue weighted by atomic mass is 79.9. The fourth-order valence-electron chi connectivity index (χ4n) is 2.31. The zero-order valence-electron chi connectivity index (χ0n) is 18.5. The molecular weight excluding hydrogens is 564 g/mol. The topological polar surface area (TPSA) is 69.7 Å². The zero-order chi connectivity index (χ0) is 25.3. The molecule has 5 nitrogen and oxygen atoms in total. The number of esters is 2.